The molecule has 3 aromatic rings. The monoisotopic (exact) mass is 443 g/mol. The lowest BCUT2D eigenvalue weighted by molar-refractivity contribution is -0.126. The average Bonchev–Trinajstić information content (AvgIpc) is 3.30. The smallest absolute Gasteiger partial charge is 0.246 e. The fourth-order valence-corrected chi connectivity index (χ4v) is 4.35. The van der Waals surface area contributed by atoms with E-state index in [1.165, 1.54) is 18.2 Å². The van der Waals surface area contributed by atoms with Crippen molar-refractivity contribution >= 4 is 12.0 Å². The summed E-state index contributed by atoms with van der Waals surface area (Å²) < 4.78 is 16.7. The third-order valence-electron chi connectivity index (χ3n) is 6.14. The summed E-state index contributed by atoms with van der Waals surface area (Å²) in [5, 5.41) is 9.77. The van der Waals surface area contributed by atoms with E-state index in [9.17, 15) is 9.90 Å². The van der Waals surface area contributed by atoms with Gasteiger partial charge < -0.3 is 24.2 Å². The van der Waals surface area contributed by atoms with Gasteiger partial charge in [-0.3, -0.25) is 4.79 Å². The fourth-order valence-electron chi connectivity index (χ4n) is 4.35. The van der Waals surface area contributed by atoms with Crippen LogP contribution in [0.25, 0.3) is 17.2 Å². The van der Waals surface area contributed by atoms with Crippen LogP contribution in [0.3, 0.4) is 0 Å². The summed E-state index contributed by atoms with van der Waals surface area (Å²) in [4.78, 5) is 14.9. The van der Waals surface area contributed by atoms with Crippen LogP contribution in [-0.4, -0.2) is 36.4 Å². The quantitative estimate of drug-likeness (QED) is 0.592. The number of methoxy groups -OCH3 is 1. The molecule has 0 atom stereocenters. The molecule has 2 aliphatic heterocycles. The molecule has 6 heteroatoms. The topological polar surface area (TPSA) is 68.2 Å². The van der Waals surface area contributed by atoms with Gasteiger partial charge in [0.25, 0.3) is 0 Å². The van der Waals surface area contributed by atoms with Gasteiger partial charge in [0, 0.05) is 24.7 Å². The highest BCUT2D eigenvalue weighted by molar-refractivity contribution is 5.92. The van der Waals surface area contributed by atoms with Gasteiger partial charge in [-0.05, 0) is 59.9 Å². The van der Waals surface area contributed by atoms with Gasteiger partial charge in [0.1, 0.15) is 0 Å². The Kier molecular flexibility index (Phi) is 5.42. The molecule has 33 heavy (non-hydrogen) atoms. The SMILES string of the molecule is COc1cc(/C=C/C(=O)N2CCc3cc4c(c(-c5ccc(C)cc5)c3C2)OCO4)ccc1O. The maximum absolute atomic E-state index is 13.0. The number of aromatic hydroxyl groups is 1. The molecule has 0 unspecified atom stereocenters. The first-order valence-corrected chi connectivity index (χ1v) is 10.9. The van der Waals surface area contributed by atoms with E-state index in [-0.39, 0.29) is 18.4 Å². The minimum atomic E-state index is -0.0692. The molecule has 0 fully saturated rings. The van der Waals surface area contributed by atoms with Crippen LogP contribution in [0.4, 0.5) is 0 Å². The Balaban J connectivity index is 1.44. The Bertz CT molecular complexity index is 1250. The number of ether oxygens (including phenoxy) is 3. The number of benzene rings is 3. The summed E-state index contributed by atoms with van der Waals surface area (Å²) in [6.45, 7) is 3.39. The third kappa shape index (κ3) is 4.00. The van der Waals surface area contributed by atoms with Crippen molar-refractivity contribution < 1.29 is 24.1 Å². The molecule has 0 aliphatic carbocycles. The Hall–Kier alpha value is -3.93. The standard InChI is InChI=1S/C27H25NO5/c1-17-3-7-19(8-4-17)26-21-15-28(12-11-20(21)14-24-27(26)33-16-32-24)25(30)10-6-18-5-9-22(29)23(13-18)31-2/h3-10,13-14,29H,11-12,15-16H2,1-2H3/b10-6+. The number of nitrogens with zero attached hydrogens (tertiary/aromatic N) is 1. The first kappa shape index (κ1) is 20.9. The Morgan fingerprint density at radius 2 is 1.94 bits per heavy atom. The van der Waals surface area contributed by atoms with Crippen LogP contribution >= 0.6 is 0 Å². The lowest BCUT2D eigenvalue weighted by Gasteiger charge is -2.30. The van der Waals surface area contributed by atoms with Gasteiger partial charge in [0.15, 0.2) is 23.0 Å². The number of phenolic OH excluding ortho intramolecular Hbond substituents is 1. The van der Waals surface area contributed by atoms with Crippen LogP contribution in [0.1, 0.15) is 22.3 Å². The predicted molar refractivity (Wildman–Crippen MR) is 126 cm³/mol. The maximum Gasteiger partial charge on any atom is 0.246 e. The molecule has 1 N–H and O–H groups in total. The number of phenols is 1. The highest BCUT2D eigenvalue weighted by Crippen LogP contribution is 2.46. The zero-order valence-corrected chi connectivity index (χ0v) is 18.6. The normalized spacial score (nSPS) is 14.4. The zero-order chi connectivity index (χ0) is 22.9. The zero-order valence-electron chi connectivity index (χ0n) is 18.6. The second-order valence-corrected chi connectivity index (χ2v) is 8.26. The molecule has 0 spiro atoms. The molecule has 0 aromatic heterocycles. The third-order valence-corrected chi connectivity index (χ3v) is 6.14. The number of carbonyl (C=O) groups is 1. The van der Waals surface area contributed by atoms with E-state index in [1.807, 2.05) is 4.90 Å². The second kappa shape index (κ2) is 8.54. The number of hydrogen-bond acceptors (Lipinski definition) is 5. The number of aryl methyl sites for hydroxylation is 1. The van der Waals surface area contributed by atoms with Crippen molar-refractivity contribution in [2.75, 3.05) is 20.4 Å². The molecule has 2 heterocycles. The molecule has 2 aliphatic rings. The van der Waals surface area contributed by atoms with Crippen molar-refractivity contribution in [1.29, 1.82) is 0 Å². The van der Waals surface area contributed by atoms with Gasteiger partial charge in [-0.25, -0.2) is 0 Å². The van der Waals surface area contributed by atoms with Crippen molar-refractivity contribution in [2.24, 2.45) is 0 Å². The maximum atomic E-state index is 13.0. The second-order valence-electron chi connectivity index (χ2n) is 8.26. The summed E-state index contributed by atoms with van der Waals surface area (Å²) >= 11 is 0. The van der Waals surface area contributed by atoms with Crippen molar-refractivity contribution in [1.82, 2.24) is 4.90 Å². The van der Waals surface area contributed by atoms with Crippen LogP contribution in [0.2, 0.25) is 0 Å². The van der Waals surface area contributed by atoms with Crippen LogP contribution in [0.15, 0.2) is 54.6 Å². The fraction of sp³-hybridized carbons (Fsp3) is 0.222. The Morgan fingerprint density at radius 1 is 1.12 bits per heavy atom. The highest BCUT2D eigenvalue weighted by Gasteiger charge is 2.29. The van der Waals surface area contributed by atoms with Gasteiger partial charge in [-0.15, -0.1) is 0 Å². The van der Waals surface area contributed by atoms with Gasteiger partial charge in [0.2, 0.25) is 12.7 Å². The van der Waals surface area contributed by atoms with E-state index in [1.54, 1.807) is 30.4 Å². The van der Waals surface area contributed by atoms with Gasteiger partial charge in [0.05, 0.1) is 7.11 Å². The predicted octanol–water partition coefficient (Wildman–Crippen LogP) is 4.70. The van der Waals surface area contributed by atoms with E-state index >= 15 is 0 Å². The van der Waals surface area contributed by atoms with E-state index in [2.05, 4.69) is 37.3 Å². The van der Waals surface area contributed by atoms with E-state index in [0.29, 0.717) is 18.8 Å². The summed E-state index contributed by atoms with van der Waals surface area (Å²) in [5.41, 5.74) is 6.31. The molecule has 0 saturated heterocycles. The first-order valence-electron chi connectivity index (χ1n) is 10.9. The number of carbonyl (C=O) groups excluding carboxylic acids is 1. The summed E-state index contributed by atoms with van der Waals surface area (Å²) in [6.07, 6.45) is 4.05. The molecular weight excluding hydrogens is 418 g/mol. The Labute approximate surface area is 192 Å². The Morgan fingerprint density at radius 3 is 2.73 bits per heavy atom. The molecule has 0 saturated carbocycles. The molecule has 1 amide bonds. The molecule has 5 rings (SSSR count). The lowest BCUT2D eigenvalue weighted by Crippen LogP contribution is -2.35. The molecule has 0 radical (unpaired) electrons. The van der Waals surface area contributed by atoms with Crippen molar-refractivity contribution in [3.63, 3.8) is 0 Å². The number of fused-ring (bicyclic) bond motifs is 2. The summed E-state index contributed by atoms with van der Waals surface area (Å²) in [6, 6.07) is 15.4. The summed E-state index contributed by atoms with van der Waals surface area (Å²) in [7, 11) is 1.50. The van der Waals surface area contributed by atoms with Crippen molar-refractivity contribution in [2.45, 2.75) is 19.9 Å². The summed E-state index contributed by atoms with van der Waals surface area (Å²) in [5.74, 6) is 1.88. The number of amides is 1. The minimum absolute atomic E-state index is 0.0657. The lowest BCUT2D eigenvalue weighted by atomic mass is 9.89. The minimum Gasteiger partial charge on any atom is -0.504 e. The van der Waals surface area contributed by atoms with Crippen molar-refractivity contribution in [3.05, 3.63) is 76.9 Å². The van der Waals surface area contributed by atoms with Gasteiger partial charge >= 0.3 is 0 Å². The van der Waals surface area contributed by atoms with E-state index < -0.39 is 0 Å². The molecule has 6 nitrogen and oxygen atoms in total. The van der Waals surface area contributed by atoms with Crippen LogP contribution in [0.5, 0.6) is 23.0 Å². The molecule has 168 valence electrons. The molecule has 3 aromatic carbocycles. The molecule has 0 bridgehead atoms. The number of rotatable bonds is 4. The van der Waals surface area contributed by atoms with Crippen LogP contribution < -0.4 is 14.2 Å². The molecular formula is C27H25NO5. The van der Waals surface area contributed by atoms with Gasteiger partial charge in [-0.1, -0.05) is 35.9 Å². The largest absolute Gasteiger partial charge is 0.504 e. The average molecular weight is 443 g/mol. The first-order chi connectivity index (χ1) is 16.0. The van der Waals surface area contributed by atoms with Gasteiger partial charge in [-0.2, -0.15) is 0 Å². The highest BCUT2D eigenvalue weighted by atomic mass is 16.7. The van der Waals surface area contributed by atoms with Crippen LogP contribution in [-0.2, 0) is 17.8 Å². The van der Waals surface area contributed by atoms with E-state index in [0.717, 1.165) is 40.2 Å². The van der Waals surface area contributed by atoms with E-state index in [4.69, 9.17) is 14.2 Å². The van der Waals surface area contributed by atoms with Crippen molar-refractivity contribution in [3.8, 4) is 34.1 Å². The van der Waals surface area contributed by atoms with Crippen LogP contribution in [0, 0.1) is 6.92 Å². The number of hydrogen-bond donors (Lipinski definition) is 1.